The molecule has 0 aliphatic heterocycles. The molecule has 0 aliphatic rings. The Bertz CT molecular complexity index is 470. The van der Waals surface area contributed by atoms with Gasteiger partial charge in [-0.3, -0.25) is 0 Å². The van der Waals surface area contributed by atoms with Crippen LogP contribution in [0.1, 0.15) is 44.2 Å². The zero-order chi connectivity index (χ0) is 15.2. The minimum Gasteiger partial charge on any atom is -0.409 e. The van der Waals surface area contributed by atoms with E-state index in [1.165, 1.54) is 16.0 Å². The number of amidine groups is 1. The Kier molecular flexibility index (Phi) is 6.40. The van der Waals surface area contributed by atoms with Crippen molar-refractivity contribution < 1.29 is 5.21 Å². The molecule has 0 bridgehead atoms. The summed E-state index contributed by atoms with van der Waals surface area (Å²) in [7, 11) is 0. The van der Waals surface area contributed by atoms with E-state index in [-0.39, 0.29) is 5.41 Å². The summed E-state index contributed by atoms with van der Waals surface area (Å²) in [5.74, 6) is 1.43. The quantitative estimate of drug-likeness (QED) is 0.196. The average molecular weight is 294 g/mol. The summed E-state index contributed by atoms with van der Waals surface area (Å²) in [5.41, 5.74) is 8.12. The topological polar surface area (TPSA) is 58.6 Å². The van der Waals surface area contributed by atoms with Crippen LogP contribution in [0.25, 0.3) is 0 Å². The van der Waals surface area contributed by atoms with Crippen LogP contribution in [0.4, 0.5) is 0 Å². The predicted molar refractivity (Wildman–Crippen MR) is 87.7 cm³/mol. The van der Waals surface area contributed by atoms with Crippen LogP contribution in [0.3, 0.4) is 0 Å². The fourth-order valence-corrected chi connectivity index (χ4v) is 3.11. The van der Waals surface area contributed by atoms with E-state index in [1.54, 1.807) is 0 Å². The minimum absolute atomic E-state index is 0.224. The van der Waals surface area contributed by atoms with Gasteiger partial charge in [0.2, 0.25) is 0 Å². The number of oxime groups is 1. The molecule has 0 unspecified atom stereocenters. The molecule has 1 aromatic rings. The number of rotatable bonds is 7. The highest BCUT2D eigenvalue weighted by atomic mass is 32.2. The van der Waals surface area contributed by atoms with E-state index in [0.29, 0.717) is 5.84 Å². The van der Waals surface area contributed by atoms with E-state index >= 15 is 0 Å². The van der Waals surface area contributed by atoms with Gasteiger partial charge in [0.05, 0.1) is 0 Å². The molecule has 0 amide bonds. The second kappa shape index (κ2) is 7.58. The van der Waals surface area contributed by atoms with Crippen molar-refractivity contribution in [3.63, 3.8) is 0 Å². The first kappa shape index (κ1) is 16.9. The summed E-state index contributed by atoms with van der Waals surface area (Å²) in [4.78, 5) is 1.38. The van der Waals surface area contributed by atoms with Crippen LogP contribution in [0.15, 0.2) is 28.3 Å². The van der Waals surface area contributed by atoms with Gasteiger partial charge in [-0.25, -0.2) is 0 Å². The molecule has 3 nitrogen and oxygen atoms in total. The van der Waals surface area contributed by atoms with Crippen LogP contribution >= 0.6 is 11.8 Å². The van der Waals surface area contributed by atoms with Crippen LogP contribution in [-0.4, -0.2) is 16.8 Å². The van der Waals surface area contributed by atoms with Gasteiger partial charge in [-0.05, 0) is 44.1 Å². The number of aryl methyl sites for hydroxylation is 2. The second-order valence-corrected chi connectivity index (χ2v) is 7.08. The fourth-order valence-electron chi connectivity index (χ4n) is 1.98. The number of nitrogens with two attached hydrogens (primary N) is 1. The normalized spacial score (nSPS) is 12.7. The third kappa shape index (κ3) is 5.08. The molecule has 112 valence electrons. The first-order chi connectivity index (χ1) is 9.36. The Morgan fingerprint density at radius 1 is 1.30 bits per heavy atom. The van der Waals surface area contributed by atoms with Gasteiger partial charge in [-0.2, -0.15) is 0 Å². The Labute approximate surface area is 126 Å². The van der Waals surface area contributed by atoms with E-state index in [1.807, 2.05) is 25.6 Å². The summed E-state index contributed by atoms with van der Waals surface area (Å²) in [6, 6.07) is 6.58. The fraction of sp³-hybridized carbons (Fsp3) is 0.562. The lowest BCUT2D eigenvalue weighted by molar-refractivity contribution is 0.304. The molecule has 1 aromatic carbocycles. The van der Waals surface area contributed by atoms with Crippen molar-refractivity contribution in [2.45, 2.75) is 51.9 Å². The lowest BCUT2D eigenvalue weighted by Gasteiger charge is -2.22. The van der Waals surface area contributed by atoms with Crippen molar-refractivity contribution in [2.75, 3.05) is 5.75 Å². The smallest absolute Gasteiger partial charge is 0.144 e. The Hall–Kier alpha value is -1.16. The van der Waals surface area contributed by atoms with E-state index in [9.17, 15) is 0 Å². The van der Waals surface area contributed by atoms with Crippen molar-refractivity contribution in [1.29, 1.82) is 0 Å². The second-order valence-electron chi connectivity index (χ2n) is 5.94. The maximum atomic E-state index is 8.74. The summed E-state index contributed by atoms with van der Waals surface area (Å²) in [6.07, 6.45) is 3.16. The molecule has 1 rings (SSSR count). The molecule has 4 heteroatoms. The third-order valence-corrected chi connectivity index (χ3v) is 4.84. The predicted octanol–water partition coefficient (Wildman–Crippen LogP) is 4.34. The van der Waals surface area contributed by atoms with Gasteiger partial charge >= 0.3 is 0 Å². The average Bonchev–Trinajstić information content (AvgIpc) is 2.41. The zero-order valence-corrected chi connectivity index (χ0v) is 13.8. The van der Waals surface area contributed by atoms with Crippen molar-refractivity contribution in [3.8, 4) is 0 Å². The van der Waals surface area contributed by atoms with Crippen LogP contribution < -0.4 is 5.73 Å². The summed E-state index contributed by atoms with van der Waals surface area (Å²) >= 11 is 1.92. The van der Waals surface area contributed by atoms with E-state index < -0.39 is 0 Å². The molecule has 0 saturated carbocycles. The maximum absolute atomic E-state index is 8.74. The number of benzene rings is 1. The largest absolute Gasteiger partial charge is 0.409 e. The zero-order valence-electron chi connectivity index (χ0n) is 12.9. The molecule has 0 aliphatic carbocycles. The van der Waals surface area contributed by atoms with E-state index in [4.69, 9.17) is 10.9 Å². The summed E-state index contributed by atoms with van der Waals surface area (Å²) in [5, 5.41) is 11.9. The van der Waals surface area contributed by atoms with Gasteiger partial charge in [-0.1, -0.05) is 43.1 Å². The van der Waals surface area contributed by atoms with Gasteiger partial charge < -0.3 is 10.9 Å². The summed E-state index contributed by atoms with van der Waals surface area (Å²) < 4.78 is 0. The SMILES string of the molecule is Cc1ccc(C)c(SCCCCC(C)(C)/C(N)=N/O)c1. The van der Waals surface area contributed by atoms with Gasteiger partial charge in [-0.15, -0.1) is 11.8 Å². The number of nitrogens with zero attached hydrogens (tertiary/aromatic N) is 1. The van der Waals surface area contributed by atoms with Crippen LogP contribution in [0.5, 0.6) is 0 Å². The Balaban J connectivity index is 2.34. The Morgan fingerprint density at radius 3 is 2.65 bits per heavy atom. The first-order valence-corrected chi connectivity index (χ1v) is 8.03. The minimum atomic E-state index is -0.224. The van der Waals surface area contributed by atoms with Crippen molar-refractivity contribution >= 4 is 17.6 Å². The number of thioether (sulfide) groups is 1. The number of hydrogen-bond acceptors (Lipinski definition) is 3. The molecule has 0 fully saturated rings. The maximum Gasteiger partial charge on any atom is 0.144 e. The lowest BCUT2D eigenvalue weighted by atomic mass is 9.86. The molecule has 0 spiro atoms. The molecule has 0 saturated heterocycles. The van der Waals surface area contributed by atoms with Crippen LogP contribution in [-0.2, 0) is 0 Å². The first-order valence-electron chi connectivity index (χ1n) is 7.05. The highest BCUT2D eigenvalue weighted by Gasteiger charge is 2.22. The lowest BCUT2D eigenvalue weighted by Crippen LogP contribution is -2.31. The van der Waals surface area contributed by atoms with E-state index in [2.05, 4.69) is 37.2 Å². The molecule has 3 N–H and O–H groups in total. The molecule has 0 heterocycles. The molecular weight excluding hydrogens is 268 g/mol. The summed E-state index contributed by atoms with van der Waals surface area (Å²) in [6.45, 7) is 8.31. The molecule has 20 heavy (non-hydrogen) atoms. The third-order valence-electron chi connectivity index (χ3n) is 3.60. The molecular formula is C16H26N2OS. The van der Waals surface area contributed by atoms with Crippen molar-refractivity contribution in [3.05, 3.63) is 29.3 Å². The standard InChI is InChI=1S/C16H26N2OS/c1-12-7-8-13(2)14(11-12)20-10-6-5-9-16(3,4)15(17)18-19/h7-8,11,19H,5-6,9-10H2,1-4H3,(H2,17,18). The van der Waals surface area contributed by atoms with E-state index in [0.717, 1.165) is 25.0 Å². The van der Waals surface area contributed by atoms with Gasteiger partial charge in [0.1, 0.15) is 5.84 Å². The highest BCUT2D eigenvalue weighted by Crippen LogP contribution is 2.27. The molecule has 0 radical (unpaired) electrons. The highest BCUT2D eigenvalue weighted by molar-refractivity contribution is 7.99. The van der Waals surface area contributed by atoms with Crippen molar-refractivity contribution in [1.82, 2.24) is 0 Å². The number of hydrogen-bond donors (Lipinski definition) is 2. The van der Waals surface area contributed by atoms with Gasteiger partial charge in [0.25, 0.3) is 0 Å². The number of unbranched alkanes of at least 4 members (excludes halogenated alkanes) is 1. The van der Waals surface area contributed by atoms with Gasteiger partial charge in [0, 0.05) is 10.3 Å². The van der Waals surface area contributed by atoms with Crippen LogP contribution in [0.2, 0.25) is 0 Å². The van der Waals surface area contributed by atoms with Crippen molar-refractivity contribution in [2.24, 2.45) is 16.3 Å². The molecule has 0 aromatic heterocycles. The van der Waals surface area contributed by atoms with Crippen LogP contribution in [0, 0.1) is 19.3 Å². The Morgan fingerprint density at radius 2 is 2.00 bits per heavy atom. The monoisotopic (exact) mass is 294 g/mol. The van der Waals surface area contributed by atoms with Gasteiger partial charge in [0.15, 0.2) is 0 Å². The molecule has 0 atom stereocenters.